The van der Waals surface area contributed by atoms with Crippen molar-refractivity contribution in [1.29, 1.82) is 0 Å². The van der Waals surface area contributed by atoms with E-state index in [0.29, 0.717) is 6.61 Å². The Morgan fingerprint density at radius 2 is 2.20 bits per heavy atom. The molecule has 1 fully saturated rings. The summed E-state index contributed by atoms with van der Waals surface area (Å²) in [6.45, 7) is 2.31. The van der Waals surface area contributed by atoms with Crippen molar-refractivity contribution in [3.8, 4) is 0 Å². The molecule has 1 atom stereocenters. The van der Waals surface area contributed by atoms with Crippen molar-refractivity contribution < 1.29 is 9.84 Å². The van der Waals surface area contributed by atoms with Gasteiger partial charge in [0, 0.05) is 25.5 Å². The molecule has 1 aliphatic rings. The van der Waals surface area contributed by atoms with Crippen molar-refractivity contribution in [2.75, 3.05) is 31.2 Å². The summed E-state index contributed by atoms with van der Waals surface area (Å²) in [5.41, 5.74) is 0. The molecule has 0 radical (unpaired) electrons. The lowest BCUT2D eigenvalue weighted by Gasteiger charge is -2.18. The zero-order chi connectivity index (χ0) is 10.5. The van der Waals surface area contributed by atoms with Crippen LogP contribution in [0.1, 0.15) is 6.42 Å². The molecule has 15 heavy (non-hydrogen) atoms. The van der Waals surface area contributed by atoms with Crippen molar-refractivity contribution in [2.45, 2.75) is 12.5 Å². The molecule has 0 bridgehead atoms. The molecule has 1 aliphatic heterocycles. The van der Waals surface area contributed by atoms with Gasteiger partial charge < -0.3 is 14.7 Å². The zero-order valence-corrected chi connectivity index (χ0v) is 8.54. The van der Waals surface area contributed by atoms with Gasteiger partial charge in [0.2, 0.25) is 5.95 Å². The number of anilines is 1. The van der Waals surface area contributed by atoms with Crippen molar-refractivity contribution in [3.63, 3.8) is 0 Å². The van der Waals surface area contributed by atoms with Crippen molar-refractivity contribution in [2.24, 2.45) is 0 Å². The second-order valence-corrected chi connectivity index (χ2v) is 3.50. The first kappa shape index (κ1) is 10.3. The summed E-state index contributed by atoms with van der Waals surface area (Å²) >= 11 is 0. The lowest BCUT2D eigenvalue weighted by molar-refractivity contribution is 0.0222. The first-order chi connectivity index (χ1) is 7.40. The van der Waals surface area contributed by atoms with Crippen LogP contribution in [0.25, 0.3) is 0 Å². The van der Waals surface area contributed by atoms with Crippen LogP contribution in [-0.4, -0.2) is 47.5 Å². The fourth-order valence-electron chi connectivity index (χ4n) is 1.62. The predicted octanol–water partition coefficient (Wildman–Crippen LogP) is 0.0642. The molecule has 5 nitrogen and oxygen atoms in total. The molecule has 2 heterocycles. The van der Waals surface area contributed by atoms with E-state index in [2.05, 4.69) is 14.9 Å². The lowest BCUT2D eigenvalue weighted by Crippen LogP contribution is -2.27. The van der Waals surface area contributed by atoms with Gasteiger partial charge in [-0.25, -0.2) is 9.97 Å². The van der Waals surface area contributed by atoms with Crippen LogP contribution < -0.4 is 4.90 Å². The number of hydrogen-bond acceptors (Lipinski definition) is 5. The van der Waals surface area contributed by atoms with Gasteiger partial charge in [-0.15, -0.1) is 0 Å². The maximum Gasteiger partial charge on any atom is 0.225 e. The number of nitrogens with zero attached hydrogens (tertiary/aromatic N) is 3. The zero-order valence-electron chi connectivity index (χ0n) is 8.54. The summed E-state index contributed by atoms with van der Waals surface area (Å²) in [6, 6.07) is 1.80. The average Bonchev–Trinajstić information content (AvgIpc) is 2.55. The molecule has 0 amide bonds. The molecule has 0 saturated carbocycles. The smallest absolute Gasteiger partial charge is 0.225 e. The molecule has 1 aromatic rings. The Balaban J connectivity index is 2.00. The monoisotopic (exact) mass is 209 g/mol. The summed E-state index contributed by atoms with van der Waals surface area (Å²) in [5.74, 6) is 0.736. The number of ether oxygens (including phenoxy) is 1. The molecule has 2 rings (SSSR count). The standard InChI is InChI=1S/C10H15N3O2/c14-8-9-2-5-13(6-7-15-9)10-11-3-1-4-12-10/h1,3-4,9,14H,2,5-8H2. The summed E-state index contributed by atoms with van der Waals surface area (Å²) in [7, 11) is 0. The minimum atomic E-state index is -0.0429. The first-order valence-electron chi connectivity index (χ1n) is 5.14. The lowest BCUT2D eigenvalue weighted by atomic mass is 10.2. The van der Waals surface area contributed by atoms with E-state index in [1.165, 1.54) is 0 Å². The van der Waals surface area contributed by atoms with E-state index in [-0.39, 0.29) is 12.7 Å². The Morgan fingerprint density at radius 3 is 2.93 bits per heavy atom. The number of hydrogen-bond donors (Lipinski definition) is 1. The van der Waals surface area contributed by atoms with Gasteiger partial charge in [-0.3, -0.25) is 0 Å². The highest BCUT2D eigenvalue weighted by molar-refractivity contribution is 5.28. The van der Waals surface area contributed by atoms with Crippen LogP contribution in [0.2, 0.25) is 0 Å². The molecular weight excluding hydrogens is 194 g/mol. The van der Waals surface area contributed by atoms with Crippen molar-refractivity contribution >= 4 is 5.95 Å². The maximum atomic E-state index is 9.00. The summed E-state index contributed by atoms with van der Waals surface area (Å²) in [4.78, 5) is 10.5. The number of rotatable bonds is 2. The van der Waals surface area contributed by atoms with Crippen molar-refractivity contribution in [1.82, 2.24) is 9.97 Å². The van der Waals surface area contributed by atoms with E-state index >= 15 is 0 Å². The van der Waals surface area contributed by atoms with E-state index in [0.717, 1.165) is 25.5 Å². The summed E-state index contributed by atoms with van der Waals surface area (Å²) < 4.78 is 5.46. The topological polar surface area (TPSA) is 58.5 Å². The Bertz CT molecular complexity index is 294. The summed E-state index contributed by atoms with van der Waals surface area (Å²) in [5, 5.41) is 9.00. The normalized spacial score (nSPS) is 22.5. The number of aliphatic hydroxyl groups is 1. The van der Waals surface area contributed by atoms with Crippen LogP contribution in [-0.2, 0) is 4.74 Å². The third-order valence-electron chi connectivity index (χ3n) is 2.47. The molecular formula is C10H15N3O2. The molecule has 0 spiro atoms. The maximum absolute atomic E-state index is 9.00. The Morgan fingerprint density at radius 1 is 1.40 bits per heavy atom. The Labute approximate surface area is 88.7 Å². The highest BCUT2D eigenvalue weighted by Crippen LogP contribution is 2.11. The van der Waals surface area contributed by atoms with E-state index in [1.54, 1.807) is 18.5 Å². The fraction of sp³-hybridized carbons (Fsp3) is 0.600. The number of aliphatic hydroxyl groups excluding tert-OH is 1. The van der Waals surface area contributed by atoms with Gasteiger partial charge >= 0.3 is 0 Å². The number of aromatic nitrogens is 2. The van der Waals surface area contributed by atoms with Gasteiger partial charge in [0.1, 0.15) is 0 Å². The van der Waals surface area contributed by atoms with E-state index in [1.807, 2.05) is 0 Å². The highest BCUT2D eigenvalue weighted by Gasteiger charge is 2.17. The van der Waals surface area contributed by atoms with Crippen LogP contribution in [0, 0.1) is 0 Å². The van der Waals surface area contributed by atoms with Crippen LogP contribution in [0.5, 0.6) is 0 Å². The fourth-order valence-corrected chi connectivity index (χ4v) is 1.62. The third-order valence-corrected chi connectivity index (χ3v) is 2.47. The molecule has 0 aromatic carbocycles. The second kappa shape index (κ2) is 5.04. The van der Waals surface area contributed by atoms with Crippen LogP contribution >= 0.6 is 0 Å². The summed E-state index contributed by atoms with van der Waals surface area (Å²) in [6.07, 6.45) is 4.24. The average molecular weight is 209 g/mol. The van der Waals surface area contributed by atoms with Gasteiger partial charge in [0.05, 0.1) is 19.3 Å². The van der Waals surface area contributed by atoms with Gasteiger partial charge in [-0.05, 0) is 12.5 Å². The second-order valence-electron chi connectivity index (χ2n) is 3.50. The molecule has 5 heteroatoms. The molecule has 1 aromatic heterocycles. The largest absolute Gasteiger partial charge is 0.394 e. The van der Waals surface area contributed by atoms with Gasteiger partial charge in [-0.1, -0.05) is 0 Å². The van der Waals surface area contributed by atoms with Gasteiger partial charge in [0.25, 0.3) is 0 Å². The molecule has 0 aliphatic carbocycles. The van der Waals surface area contributed by atoms with Crippen LogP contribution in [0.15, 0.2) is 18.5 Å². The van der Waals surface area contributed by atoms with Crippen molar-refractivity contribution in [3.05, 3.63) is 18.5 Å². The molecule has 1 unspecified atom stereocenters. The van der Waals surface area contributed by atoms with E-state index < -0.39 is 0 Å². The first-order valence-corrected chi connectivity index (χ1v) is 5.14. The van der Waals surface area contributed by atoms with Crippen LogP contribution in [0.4, 0.5) is 5.95 Å². The van der Waals surface area contributed by atoms with Gasteiger partial charge in [0.15, 0.2) is 0 Å². The van der Waals surface area contributed by atoms with E-state index in [9.17, 15) is 0 Å². The van der Waals surface area contributed by atoms with Crippen LogP contribution in [0.3, 0.4) is 0 Å². The molecule has 1 saturated heterocycles. The van der Waals surface area contributed by atoms with E-state index in [4.69, 9.17) is 9.84 Å². The third kappa shape index (κ3) is 2.64. The minimum absolute atomic E-state index is 0.0429. The quantitative estimate of drug-likeness (QED) is 0.746. The highest BCUT2D eigenvalue weighted by atomic mass is 16.5. The SMILES string of the molecule is OCC1CCN(c2ncccn2)CCO1. The predicted molar refractivity (Wildman–Crippen MR) is 55.7 cm³/mol. The molecule has 1 N–H and O–H groups in total. The molecule has 82 valence electrons. The Kier molecular flexibility index (Phi) is 3.47. The van der Waals surface area contributed by atoms with Gasteiger partial charge in [-0.2, -0.15) is 0 Å². The minimum Gasteiger partial charge on any atom is -0.394 e. The Hall–Kier alpha value is -1.20.